The van der Waals surface area contributed by atoms with E-state index in [2.05, 4.69) is 10.6 Å². The van der Waals surface area contributed by atoms with E-state index in [4.69, 9.17) is 16.2 Å². The van der Waals surface area contributed by atoms with Crippen molar-refractivity contribution in [2.75, 3.05) is 26.2 Å². The molecule has 1 saturated heterocycles. The van der Waals surface area contributed by atoms with Gasteiger partial charge in [0.25, 0.3) is 0 Å². The van der Waals surface area contributed by atoms with Crippen LogP contribution in [-0.4, -0.2) is 59.3 Å². The summed E-state index contributed by atoms with van der Waals surface area (Å²) < 4.78 is 15.5. The summed E-state index contributed by atoms with van der Waals surface area (Å²) in [6.45, 7) is 3.47. The third-order valence-corrected chi connectivity index (χ3v) is 7.45. The number of guanidine groups is 1. The smallest absolute Gasteiger partial charge is 0.404 e. The Morgan fingerprint density at radius 3 is 2.64 bits per heavy atom. The molecule has 39 heavy (non-hydrogen) atoms. The van der Waals surface area contributed by atoms with Crippen LogP contribution >= 0.6 is 0 Å². The summed E-state index contributed by atoms with van der Waals surface area (Å²) in [6.07, 6.45) is 2.31. The summed E-state index contributed by atoms with van der Waals surface area (Å²) >= 11 is 0. The number of carboxylic acid groups (broad SMARTS) is 1. The van der Waals surface area contributed by atoms with Crippen molar-refractivity contribution < 1.29 is 24.2 Å². The fraction of sp³-hybridized carbons (Fsp3) is 0.483. The van der Waals surface area contributed by atoms with Crippen molar-refractivity contribution in [3.8, 4) is 11.1 Å². The first-order valence-corrected chi connectivity index (χ1v) is 13.6. The molecule has 212 valence electrons. The molecule has 2 amide bonds. The molecular weight excluding hydrogens is 501 g/mol. The highest BCUT2D eigenvalue weighted by molar-refractivity contribution is 5.77. The lowest BCUT2D eigenvalue weighted by Crippen LogP contribution is -2.48. The van der Waals surface area contributed by atoms with Crippen molar-refractivity contribution in [1.82, 2.24) is 15.5 Å². The van der Waals surface area contributed by atoms with Gasteiger partial charge >= 0.3 is 6.09 Å². The number of hydrogen-bond donors (Lipinski definition) is 6. The van der Waals surface area contributed by atoms with Gasteiger partial charge in [-0.3, -0.25) is 10.2 Å². The number of nitrogens with zero attached hydrogens (tertiary/aromatic N) is 1. The van der Waals surface area contributed by atoms with E-state index in [1.165, 1.54) is 6.07 Å². The normalized spacial score (nSPS) is 16.8. The average molecular weight is 542 g/mol. The van der Waals surface area contributed by atoms with E-state index in [1.54, 1.807) is 17.0 Å². The fourth-order valence-electron chi connectivity index (χ4n) is 5.45. The fourth-order valence-corrected chi connectivity index (χ4v) is 5.45. The highest BCUT2D eigenvalue weighted by Crippen LogP contribution is 2.44. The topological polar surface area (TPSA) is 152 Å². The number of carbonyl (C=O) groups is 2. The second-order valence-electron chi connectivity index (χ2n) is 10.1. The third kappa shape index (κ3) is 7.92. The SMILES string of the molecule is CCc1cccc(-c2c(F)cccc2C(O)(CCCNC(=O)O)C2CCCN(C(=O)CCCNC(=N)N)C2)c1. The first-order chi connectivity index (χ1) is 18.7. The zero-order valence-corrected chi connectivity index (χ0v) is 22.5. The molecule has 7 N–H and O–H groups in total. The maximum absolute atomic E-state index is 15.5. The quantitative estimate of drug-likeness (QED) is 0.137. The van der Waals surface area contributed by atoms with Crippen molar-refractivity contribution in [3.05, 3.63) is 59.4 Å². The maximum atomic E-state index is 15.5. The van der Waals surface area contributed by atoms with Crippen LogP contribution in [0.1, 0.15) is 56.6 Å². The largest absolute Gasteiger partial charge is 0.465 e. The minimum Gasteiger partial charge on any atom is -0.465 e. The molecule has 2 aromatic carbocycles. The molecule has 0 radical (unpaired) electrons. The van der Waals surface area contributed by atoms with Crippen LogP contribution < -0.4 is 16.4 Å². The molecule has 3 rings (SSSR count). The first-order valence-electron chi connectivity index (χ1n) is 13.6. The molecule has 1 aliphatic rings. The van der Waals surface area contributed by atoms with Gasteiger partial charge in [0.1, 0.15) is 5.82 Å². The number of aliphatic hydroxyl groups is 1. The number of nitrogens with one attached hydrogen (secondary N) is 3. The van der Waals surface area contributed by atoms with Crippen molar-refractivity contribution in [2.24, 2.45) is 11.7 Å². The van der Waals surface area contributed by atoms with Crippen LogP contribution in [0.15, 0.2) is 42.5 Å². The summed E-state index contributed by atoms with van der Waals surface area (Å²) in [4.78, 5) is 25.8. The van der Waals surface area contributed by atoms with Crippen molar-refractivity contribution in [2.45, 2.75) is 57.5 Å². The Hall–Kier alpha value is -3.66. The van der Waals surface area contributed by atoms with E-state index in [0.29, 0.717) is 62.0 Å². The number of amides is 2. The average Bonchev–Trinajstić information content (AvgIpc) is 2.93. The Balaban J connectivity index is 1.93. The zero-order valence-electron chi connectivity index (χ0n) is 22.5. The molecule has 1 fully saturated rings. The van der Waals surface area contributed by atoms with E-state index >= 15 is 4.39 Å². The number of carbonyl (C=O) groups excluding carboxylic acids is 1. The molecule has 2 atom stereocenters. The van der Waals surface area contributed by atoms with Crippen molar-refractivity contribution in [1.29, 1.82) is 5.41 Å². The van der Waals surface area contributed by atoms with Crippen LogP contribution in [-0.2, 0) is 16.8 Å². The van der Waals surface area contributed by atoms with Gasteiger partial charge in [-0.05, 0) is 61.3 Å². The standard InChI is InChI=1S/C29H40FN5O4/c1-2-20-8-3-9-21(18-20)26-23(11-4-12-24(26)30)29(39,14-7-16-34-28(37)38)22-10-6-17-35(19-22)25(36)13-5-15-33-27(31)32/h3-4,8-9,11-12,18,22,34,39H,2,5-7,10,13-17,19H2,1H3,(H,37,38)(H4,31,32,33). The van der Waals surface area contributed by atoms with E-state index in [9.17, 15) is 14.7 Å². The number of halogens is 1. The van der Waals surface area contributed by atoms with Crippen molar-refractivity contribution in [3.63, 3.8) is 0 Å². The van der Waals surface area contributed by atoms with Gasteiger partial charge < -0.3 is 31.5 Å². The van der Waals surface area contributed by atoms with Gasteiger partial charge in [-0.2, -0.15) is 0 Å². The van der Waals surface area contributed by atoms with Crippen LogP contribution in [0.5, 0.6) is 0 Å². The summed E-state index contributed by atoms with van der Waals surface area (Å²) in [5.41, 5.74) is 6.32. The molecule has 2 aromatic rings. The minimum atomic E-state index is -1.49. The first kappa shape index (κ1) is 29.9. The second kappa shape index (κ2) is 13.9. The number of nitrogens with two attached hydrogens (primary N) is 1. The Labute approximate surface area is 229 Å². The van der Waals surface area contributed by atoms with E-state index in [0.717, 1.165) is 12.0 Å². The molecule has 0 aliphatic carbocycles. The van der Waals surface area contributed by atoms with Gasteiger partial charge in [-0.1, -0.05) is 43.3 Å². The molecule has 0 saturated carbocycles. The van der Waals surface area contributed by atoms with E-state index in [-0.39, 0.29) is 37.2 Å². The lowest BCUT2D eigenvalue weighted by atomic mass is 9.72. The highest BCUT2D eigenvalue weighted by atomic mass is 19.1. The molecule has 2 unspecified atom stereocenters. The molecule has 10 heteroatoms. The summed E-state index contributed by atoms with van der Waals surface area (Å²) in [6, 6.07) is 12.3. The Morgan fingerprint density at radius 2 is 1.92 bits per heavy atom. The number of piperidine rings is 1. The monoisotopic (exact) mass is 541 g/mol. The summed E-state index contributed by atoms with van der Waals surface area (Å²) in [5, 5.41) is 33.7. The van der Waals surface area contributed by atoms with Gasteiger partial charge in [-0.15, -0.1) is 0 Å². The van der Waals surface area contributed by atoms with Gasteiger partial charge in [0, 0.05) is 44.1 Å². The summed E-state index contributed by atoms with van der Waals surface area (Å²) in [7, 11) is 0. The predicted molar refractivity (Wildman–Crippen MR) is 149 cm³/mol. The van der Waals surface area contributed by atoms with E-state index < -0.39 is 17.5 Å². The number of benzene rings is 2. The summed E-state index contributed by atoms with van der Waals surface area (Å²) in [5.74, 6) is -0.997. The predicted octanol–water partition coefficient (Wildman–Crippen LogP) is 3.79. The van der Waals surface area contributed by atoms with Gasteiger partial charge in [0.15, 0.2) is 5.96 Å². The number of likely N-dealkylation sites (tertiary alicyclic amines) is 1. The third-order valence-electron chi connectivity index (χ3n) is 7.45. The molecule has 9 nitrogen and oxygen atoms in total. The van der Waals surface area contributed by atoms with Gasteiger partial charge in [0.05, 0.1) is 5.60 Å². The lowest BCUT2D eigenvalue weighted by Gasteiger charge is -2.43. The molecule has 0 spiro atoms. The van der Waals surface area contributed by atoms with E-state index in [1.807, 2.05) is 31.2 Å². The maximum Gasteiger partial charge on any atom is 0.404 e. The Kier molecular flexibility index (Phi) is 10.7. The van der Waals surface area contributed by atoms with Gasteiger partial charge in [-0.25, -0.2) is 9.18 Å². The molecule has 1 heterocycles. The number of hydrogen-bond acceptors (Lipinski definition) is 4. The minimum absolute atomic E-state index is 0.0462. The van der Waals surface area contributed by atoms with Crippen LogP contribution in [0.3, 0.4) is 0 Å². The van der Waals surface area contributed by atoms with Crippen LogP contribution in [0.2, 0.25) is 0 Å². The highest BCUT2D eigenvalue weighted by Gasteiger charge is 2.43. The lowest BCUT2D eigenvalue weighted by molar-refractivity contribution is -0.136. The molecule has 0 aromatic heterocycles. The van der Waals surface area contributed by atoms with Crippen LogP contribution in [0.4, 0.5) is 9.18 Å². The van der Waals surface area contributed by atoms with Crippen LogP contribution in [0.25, 0.3) is 11.1 Å². The number of aryl methyl sites for hydroxylation is 1. The molecular formula is C29H40FN5O4. The van der Waals surface area contributed by atoms with Gasteiger partial charge in [0.2, 0.25) is 5.91 Å². The zero-order chi connectivity index (χ0) is 28.4. The van der Waals surface area contributed by atoms with Crippen LogP contribution in [0, 0.1) is 17.1 Å². The Morgan fingerprint density at radius 1 is 1.18 bits per heavy atom. The molecule has 1 aliphatic heterocycles. The van der Waals surface area contributed by atoms with Crippen molar-refractivity contribution >= 4 is 18.0 Å². The number of rotatable bonds is 12. The Bertz CT molecular complexity index is 1160. The molecule has 0 bridgehead atoms. The second-order valence-corrected chi connectivity index (χ2v) is 10.1.